The first-order chi connectivity index (χ1) is 15.0. The number of ether oxygens (including phenoxy) is 3. The van der Waals surface area contributed by atoms with Gasteiger partial charge >= 0.3 is 0 Å². The first kappa shape index (κ1) is 22.5. The number of hydrogen-bond acceptors (Lipinski definition) is 7. The van der Waals surface area contributed by atoms with Gasteiger partial charge in [-0.3, -0.25) is 0 Å². The minimum Gasteiger partial charge on any atom is -0.488 e. The predicted molar refractivity (Wildman–Crippen MR) is 113 cm³/mol. The van der Waals surface area contributed by atoms with E-state index in [0.29, 0.717) is 30.2 Å². The number of rotatable bonds is 6. The molecule has 2 aliphatic rings. The second-order valence-electron chi connectivity index (χ2n) is 7.99. The summed E-state index contributed by atoms with van der Waals surface area (Å²) < 4.78 is 17.2. The van der Waals surface area contributed by atoms with Crippen LogP contribution in [-0.2, 0) is 15.9 Å². The van der Waals surface area contributed by atoms with Gasteiger partial charge in [-0.15, -0.1) is 0 Å². The molecule has 0 aliphatic carbocycles. The summed E-state index contributed by atoms with van der Waals surface area (Å²) in [5.74, 6) is 0.771. The van der Waals surface area contributed by atoms with E-state index in [0.717, 1.165) is 23.3 Å². The molecule has 0 saturated carbocycles. The Balaban J connectivity index is 1.58. The van der Waals surface area contributed by atoms with Gasteiger partial charge in [0.2, 0.25) is 0 Å². The molecule has 2 aromatic rings. The van der Waals surface area contributed by atoms with E-state index in [9.17, 15) is 20.4 Å². The third-order valence-electron chi connectivity index (χ3n) is 5.83. The molecule has 31 heavy (non-hydrogen) atoms. The Hall–Kier alpha value is -1.71. The van der Waals surface area contributed by atoms with E-state index in [2.05, 4.69) is 0 Å². The van der Waals surface area contributed by atoms with Crippen LogP contribution in [0.3, 0.4) is 0 Å². The van der Waals surface area contributed by atoms with Gasteiger partial charge < -0.3 is 34.6 Å². The van der Waals surface area contributed by atoms with Crippen molar-refractivity contribution in [1.29, 1.82) is 0 Å². The smallest absolute Gasteiger partial charge is 0.124 e. The largest absolute Gasteiger partial charge is 0.488 e. The first-order valence-corrected chi connectivity index (χ1v) is 10.8. The lowest BCUT2D eigenvalue weighted by atomic mass is 9.90. The minimum atomic E-state index is -1.43. The molecule has 7 nitrogen and oxygen atoms in total. The maximum Gasteiger partial charge on any atom is 0.124 e. The fourth-order valence-electron chi connectivity index (χ4n) is 4.04. The molecule has 168 valence electrons. The maximum atomic E-state index is 10.4. The van der Waals surface area contributed by atoms with Crippen molar-refractivity contribution in [2.24, 2.45) is 0 Å². The van der Waals surface area contributed by atoms with Crippen molar-refractivity contribution in [3.63, 3.8) is 0 Å². The number of para-hydroxylation sites is 1. The van der Waals surface area contributed by atoms with Gasteiger partial charge in [-0.2, -0.15) is 0 Å². The molecule has 2 heterocycles. The van der Waals surface area contributed by atoms with Crippen LogP contribution in [0.4, 0.5) is 0 Å². The van der Waals surface area contributed by atoms with Gasteiger partial charge in [0.25, 0.3) is 0 Å². The van der Waals surface area contributed by atoms with Crippen LogP contribution in [0.15, 0.2) is 42.5 Å². The molecule has 0 aromatic heterocycles. The van der Waals surface area contributed by atoms with Gasteiger partial charge in [-0.1, -0.05) is 41.9 Å². The Bertz CT molecular complexity index is 884. The third-order valence-corrected chi connectivity index (χ3v) is 6.19. The average molecular weight is 451 g/mol. The molecule has 0 spiro atoms. The molecule has 2 saturated heterocycles. The molecular formula is C23H27ClO7. The molecule has 0 bridgehead atoms. The molecule has 0 amide bonds. The van der Waals surface area contributed by atoms with E-state index in [1.54, 1.807) is 12.1 Å². The molecule has 0 radical (unpaired) electrons. The van der Waals surface area contributed by atoms with Crippen molar-refractivity contribution in [3.05, 3.63) is 64.2 Å². The summed E-state index contributed by atoms with van der Waals surface area (Å²) in [5, 5.41) is 40.6. The van der Waals surface area contributed by atoms with Crippen LogP contribution in [-0.4, -0.2) is 70.8 Å². The van der Waals surface area contributed by atoms with Crippen LogP contribution >= 0.6 is 11.6 Å². The molecule has 8 heteroatoms. The zero-order chi connectivity index (χ0) is 22.0. The van der Waals surface area contributed by atoms with E-state index in [1.165, 1.54) is 0 Å². The minimum absolute atomic E-state index is 0.0251. The molecule has 0 unspecified atom stereocenters. The molecular weight excluding hydrogens is 424 g/mol. The summed E-state index contributed by atoms with van der Waals surface area (Å²) in [6, 6.07) is 13.0. The van der Waals surface area contributed by atoms with Crippen molar-refractivity contribution in [3.8, 4) is 5.75 Å². The van der Waals surface area contributed by atoms with Gasteiger partial charge in [0.15, 0.2) is 0 Å². The second-order valence-corrected chi connectivity index (χ2v) is 8.40. The van der Waals surface area contributed by atoms with Gasteiger partial charge in [0, 0.05) is 17.9 Å². The van der Waals surface area contributed by atoms with E-state index >= 15 is 0 Å². The van der Waals surface area contributed by atoms with E-state index < -0.39 is 37.1 Å². The van der Waals surface area contributed by atoms with Crippen molar-refractivity contribution in [1.82, 2.24) is 0 Å². The van der Waals surface area contributed by atoms with Gasteiger partial charge in [0.1, 0.15) is 42.4 Å². The zero-order valence-electron chi connectivity index (χ0n) is 16.9. The Morgan fingerprint density at radius 1 is 1.00 bits per heavy atom. The fraction of sp³-hybridized carbons (Fsp3) is 0.478. The summed E-state index contributed by atoms with van der Waals surface area (Å²) in [6.45, 7) is 0.791. The highest BCUT2D eigenvalue weighted by molar-refractivity contribution is 6.31. The molecule has 2 aliphatic heterocycles. The fourth-order valence-corrected chi connectivity index (χ4v) is 4.22. The predicted octanol–water partition coefficient (Wildman–Crippen LogP) is 1.61. The normalized spacial score (nSPS) is 31.0. The van der Waals surface area contributed by atoms with Crippen molar-refractivity contribution in [2.45, 2.75) is 49.5 Å². The lowest BCUT2D eigenvalue weighted by molar-refractivity contribution is -0.231. The summed E-state index contributed by atoms with van der Waals surface area (Å²) in [7, 11) is 0. The highest BCUT2D eigenvalue weighted by atomic mass is 35.5. The summed E-state index contributed by atoms with van der Waals surface area (Å²) in [5.41, 5.74) is 2.36. The molecule has 4 N–H and O–H groups in total. The van der Waals surface area contributed by atoms with E-state index in [1.807, 2.05) is 30.3 Å². The van der Waals surface area contributed by atoms with Crippen LogP contribution in [0.2, 0.25) is 5.02 Å². The highest BCUT2D eigenvalue weighted by Gasteiger charge is 2.44. The third kappa shape index (κ3) is 4.88. The quantitative estimate of drug-likeness (QED) is 0.529. The molecule has 2 aromatic carbocycles. The van der Waals surface area contributed by atoms with Crippen molar-refractivity contribution >= 4 is 11.6 Å². The van der Waals surface area contributed by atoms with Crippen LogP contribution < -0.4 is 4.74 Å². The number of halogens is 1. The number of hydrogen-bond donors (Lipinski definition) is 4. The molecule has 6 atom stereocenters. The van der Waals surface area contributed by atoms with Gasteiger partial charge in [0.05, 0.1) is 19.8 Å². The van der Waals surface area contributed by atoms with Gasteiger partial charge in [-0.25, -0.2) is 0 Å². The first-order valence-electron chi connectivity index (χ1n) is 10.4. The zero-order valence-corrected chi connectivity index (χ0v) is 17.7. The Morgan fingerprint density at radius 3 is 2.55 bits per heavy atom. The summed E-state index contributed by atoms with van der Waals surface area (Å²) >= 11 is 6.46. The maximum absolute atomic E-state index is 10.4. The number of benzene rings is 2. The Labute approximate surface area is 185 Å². The number of aliphatic hydroxyl groups is 4. The molecule has 4 rings (SSSR count). The van der Waals surface area contributed by atoms with Crippen molar-refractivity contribution in [2.75, 3.05) is 19.8 Å². The van der Waals surface area contributed by atoms with Crippen LogP contribution in [0.5, 0.6) is 5.75 Å². The summed E-state index contributed by atoms with van der Waals surface area (Å²) in [4.78, 5) is 0. The standard InChI is InChI=1S/C23H27ClO7/c24-17-6-5-14(23-22(28)21(27)20(26)19(11-25)31-23)10-15(17)9-13-3-1-2-4-18(13)30-16-7-8-29-12-16/h1-6,10,16,19-23,25-28H,7-9,11-12H2/t16-,19-,20-,21+,22-,23+/m1/s1. The Kier molecular flexibility index (Phi) is 7.13. The monoisotopic (exact) mass is 450 g/mol. The van der Waals surface area contributed by atoms with Crippen LogP contribution in [0.1, 0.15) is 29.2 Å². The number of aliphatic hydroxyl groups excluding tert-OH is 4. The second kappa shape index (κ2) is 9.83. The van der Waals surface area contributed by atoms with Crippen LogP contribution in [0, 0.1) is 0 Å². The lowest BCUT2D eigenvalue weighted by Crippen LogP contribution is -2.55. The lowest BCUT2D eigenvalue weighted by Gasteiger charge is -2.40. The van der Waals surface area contributed by atoms with Crippen molar-refractivity contribution < 1.29 is 34.6 Å². The van der Waals surface area contributed by atoms with Gasteiger partial charge in [-0.05, 0) is 28.8 Å². The summed E-state index contributed by atoms with van der Waals surface area (Å²) in [6.07, 6.45) is -4.68. The average Bonchev–Trinajstić information content (AvgIpc) is 3.28. The van der Waals surface area contributed by atoms with Crippen LogP contribution in [0.25, 0.3) is 0 Å². The topological polar surface area (TPSA) is 109 Å². The molecule has 2 fully saturated rings. The SMILES string of the molecule is OC[C@H]1O[C@@H](c2ccc(Cl)c(Cc3ccccc3O[C@@H]3CCOC3)c2)[C@H](O)[C@@H](O)[C@@H]1O. The highest BCUT2D eigenvalue weighted by Crippen LogP contribution is 2.35. The van der Waals surface area contributed by atoms with E-state index in [-0.39, 0.29) is 6.10 Å². The van der Waals surface area contributed by atoms with E-state index in [4.69, 9.17) is 25.8 Å². The Morgan fingerprint density at radius 2 is 1.81 bits per heavy atom.